The van der Waals surface area contributed by atoms with Crippen molar-refractivity contribution < 1.29 is 0 Å². The van der Waals surface area contributed by atoms with Gasteiger partial charge < -0.3 is 10.2 Å². The van der Waals surface area contributed by atoms with Crippen LogP contribution in [0.3, 0.4) is 0 Å². The van der Waals surface area contributed by atoms with Crippen molar-refractivity contribution >= 4 is 18.2 Å². The molecule has 6 heteroatoms. The van der Waals surface area contributed by atoms with Crippen LogP contribution in [0, 0.1) is 0 Å². The molecule has 0 bridgehead atoms. The number of likely N-dealkylation sites (N-methyl/N-ethyl adjacent to an activating group) is 1. The average molecular weight is 310 g/mol. The van der Waals surface area contributed by atoms with Gasteiger partial charge in [0, 0.05) is 13.1 Å². The molecule has 0 saturated carbocycles. The molecule has 2 rings (SSSR count). The number of benzene rings is 1. The minimum Gasteiger partial charge on any atom is -0.366 e. The maximum atomic E-state index is 4.14. The zero-order valence-corrected chi connectivity index (χ0v) is 13.5. The van der Waals surface area contributed by atoms with Gasteiger partial charge in [0.25, 0.3) is 0 Å². The normalized spacial score (nSPS) is 10.4. The Bertz CT molecular complexity index is 496. The lowest BCUT2D eigenvalue weighted by Crippen LogP contribution is -2.28. The molecule has 0 saturated heterocycles. The Labute approximate surface area is 132 Å². The number of anilines is 1. The third kappa shape index (κ3) is 5.73. The Morgan fingerprint density at radius 2 is 1.86 bits per heavy atom. The van der Waals surface area contributed by atoms with E-state index < -0.39 is 0 Å². The predicted molar refractivity (Wildman–Crippen MR) is 89.1 cm³/mol. The topological polar surface area (TPSA) is 46.0 Å². The van der Waals surface area contributed by atoms with Gasteiger partial charge in [-0.05, 0) is 18.7 Å². The van der Waals surface area contributed by atoms with E-state index in [9.17, 15) is 0 Å². The Hall–Kier alpha value is -1.59. The molecule has 0 spiro atoms. The molecule has 0 aliphatic carbocycles. The van der Waals surface area contributed by atoms with Gasteiger partial charge in [0.15, 0.2) is 5.82 Å². The van der Waals surface area contributed by atoms with Gasteiger partial charge in [0.05, 0.1) is 12.7 Å². The fourth-order valence-corrected chi connectivity index (χ4v) is 2.11. The largest absolute Gasteiger partial charge is 0.366 e. The predicted octanol–water partition coefficient (Wildman–Crippen LogP) is 2.50. The van der Waals surface area contributed by atoms with Gasteiger partial charge in [-0.25, -0.2) is 4.68 Å². The standard InChI is InChI=1S/C15H23N5.ClH/c1-3-19(4-2)11-10-16-15-13-20(18-17-15)12-14-8-6-5-7-9-14;/h5-9,13,16H,3-4,10-12H2,1-2H3;1H. The van der Waals surface area contributed by atoms with Crippen LogP contribution in [0.15, 0.2) is 36.5 Å². The van der Waals surface area contributed by atoms with Crippen molar-refractivity contribution in [1.82, 2.24) is 19.9 Å². The second kappa shape index (κ2) is 9.37. The van der Waals surface area contributed by atoms with E-state index in [-0.39, 0.29) is 12.4 Å². The molecule has 0 aliphatic heterocycles. The number of rotatable bonds is 8. The molecule has 0 amide bonds. The molecular weight excluding hydrogens is 286 g/mol. The Morgan fingerprint density at radius 1 is 1.14 bits per heavy atom. The third-order valence-corrected chi connectivity index (χ3v) is 3.35. The Balaban J connectivity index is 0.00000220. The SMILES string of the molecule is CCN(CC)CCNc1cn(Cc2ccccc2)nn1.Cl. The summed E-state index contributed by atoms with van der Waals surface area (Å²) in [6, 6.07) is 10.3. The van der Waals surface area contributed by atoms with Gasteiger partial charge >= 0.3 is 0 Å². The van der Waals surface area contributed by atoms with Crippen molar-refractivity contribution in [3.05, 3.63) is 42.1 Å². The summed E-state index contributed by atoms with van der Waals surface area (Å²) in [6.45, 7) is 9.20. The molecule has 2 aromatic rings. The van der Waals surface area contributed by atoms with Gasteiger partial charge in [-0.15, -0.1) is 17.5 Å². The van der Waals surface area contributed by atoms with E-state index in [4.69, 9.17) is 0 Å². The number of halogens is 1. The summed E-state index contributed by atoms with van der Waals surface area (Å²) in [4.78, 5) is 2.38. The highest BCUT2D eigenvalue weighted by Crippen LogP contribution is 2.04. The Kier molecular flexibility index (Phi) is 7.79. The van der Waals surface area contributed by atoms with E-state index in [1.165, 1.54) is 5.56 Å². The van der Waals surface area contributed by atoms with Crippen LogP contribution in [-0.4, -0.2) is 46.1 Å². The van der Waals surface area contributed by atoms with Crippen LogP contribution in [-0.2, 0) is 6.54 Å². The lowest BCUT2D eigenvalue weighted by atomic mass is 10.2. The summed E-state index contributed by atoms with van der Waals surface area (Å²) in [5.74, 6) is 0.841. The van der Waals surface area contributed by atoms with Crippen LogP contribution in [0.1, 0.15) is 19.4 Å². The quantitative estimate of drug-likeness (QED) is 0.814. The number of nitrogens with zero attached hydrogens (tertiary/aromatic N) is 4. The highest BCUT2D eigenvalue weighted by atomic mass is 35.5. The van der Waals surface area contributed by atoms with Gasteiger partial charge in [-0.3, -0.25) is 0 Å². The summed E-state index contributed by atoms with van der Waals surface area (Å²) in [5, 5.41) is 11.6. The smallest absolute Gasteiger partial charge is 0.168 e. The number of nitrogens with one attached hydrogen (secondary N) is 1. The van der Waals surface area contributed by atoms with Crippen molar-refractivity contribution in [2.75, 3.05) is 31.5 Å². The third-order valence-electron chi connectivity index (χ3n) is 3.35. The highest BCUT2D eigenvalue weighted by Gasteiger charge is 2.02. The lowest BCUT2D eigenvalue weighted by molar-refractivity contribution is 0.316. The second-order valence-electron chi connectivity index (χ2n) is 4.74. The van der Waals surface area contributed by atoms with E-state index in [1.807, 2.05) is 29.1 Å². The molecular formula is C15H24ClN5. The first-order valence-electron chi connectivity index (χ1n) is 7.22. The van der Waals surface area contributed by atoms with Gasteiger partial charge in [-0.2, -0.15) is 0 Å². The van der Waals surface area contributed by atoms with Crippen LogP contribution in [0.2, 0.25) is 0 Å². The van der Waals surface area contributed by atoms with Crippen LogP contribution < -0.4 is 5.32 Å². The molecule has 0 radical (unpaired) electrons. The molecule has 1 aromatic carbocycles. The number of hydrogen-bond acceptors (Lipinski definition) is 4. The average Bonchev–Trinajstić information content (AvgIpc) is 2.92. The number of aromatic nitrogens is 3. The molecule has 1 heterocycles. The van der Waals surface area contributed by atoms with Crippen molar-refractivity contribution in [1.29, 1.82) is 0 Å². The van der Waals surface area contributed by atoms with Crippen LogP contribution >= 0.6 is 12.4 Å². The monoisotopic (exact) mass is 309 g/mol. The molecule has 5 nitrogen and oxygen atoms in total. The lowest BCUT2D eigenvalue weighted by Gasteiger charge is -2.17. The van der Waals surface area contributed by atoms with Crippen molar-refractivity contribution in [2.24, 2.45) is 0 Å². The first kappa shape index (κ1) is 17.5. The maximum Gasteiger partial charge on any atom is 0.168 e. The summed E-state index contributed by atoms with van der Waals surface area (Å²) >= 11 is 0. The molecule has 116 valence electrons. The minimum atomic E-state index is 0. The van der Waals surface area contributed by atoms with E-state index >= 15 is 0 Å². The fourth-order valence-electron chi connectivity index (χ4n) is 2.11. The molecule has 21 heavy (non-hydrogen) atoms. The first-order chi connectivity index (χ1) is 9.81. The van der Waals surface area contributed by atoms with Crippen molar-refractivity contribution in [3.63, 3.8) is 0 Å². The van der Waals surface area contributed by atoms with E-state index in [0.29, 0.717) is 0 Å². The van der Waals surface area contributed by atoms with E-state index in [1.54, 1.807) is 0 Å². The zero-order chi connectivity index (χ0) is 14.2. The van der Waals surface area contributed by atoms with Crippen molar-refractivity contribution in [2.45, 2.75) is 20.4 Å². The zero-order valence-electron chi connectivity index (χ0n) is 12.7. The number of hydrogen-bond donors (Lipinski definition) is 1. The summed E-state index contributed by atoms with van der Waals surface area (Å²) in [5.41, 5.74) is 1.23. The maximum absolute atomic E-state index is 4.14. The van der Waals surface area contributed by atoms with Crippen LogP contribution in [0.25, 0.3) is 0 Å². The van der Waals surface area contributed by atoms with Crippen molar-refractivity contribution in [3.8, 4) is 0 Å². The first-order valence-corrected chi connectivity index (χ1v) is 7.22. The van der Waals surface area contributed by atoms with Gasteiger partial charge in [0.1, 0.15) is 0 Å². The molecule has 0 unspecified atom stereocenters. The minimum absolute atomic E-state index is 0. The molecule has 1 aromatic heterocycles. The summed E-state index contributed by atoms with van der Waals surface area (Å²) in [7, 11) is 0. The second-order valence-corrected chi connectivity index (χ2v) is 4.74. The highest BCUT2D eigenvalue weighted by molar-refractivity contribution is 5.85. The molecule has 0 atom stereocenters. The Morgan fingerprint density at radius 3 is 2.52 bits per heavy atom. The summed E-state index contributed by atoms with van der Waals surface area (Å²) < 4.78 is 1.86. The molecule has 1 N–H and O–H groups in total. The molecule has 0 fully saturated rings. The summed E-state index contributed by atoms with van der Waals surface area (Å²) in [6.07, 6.45) is 1.95. The van der Waals surface area contributed by atoms with Gasteiger partial charge in [-0.1, -0.05) is 49.4 Å². The van der Waals surface area contributed by atoms with E-state index in [2.05, 4.69) is 46.5 Å². The van der Waals surface area contributed by atoms with Crippen LogP contribution in [0.4, 0.5) is 5.82 Å². The van der Waals surface area contributed by atoms with Crippen LogP contribution in [0.5, 0.6) is 0 Å². The fraction of sp³-hybridized carbons (Fsp3) is 0.467. The van der Waals surface area contributed by atoms with Gasteiger partial charge in [0.2, 0.25) is 0 Å². The molecule has 0 aliphatic rings. The van der Waals surface area contributed by atoms with E-state index in [0.717, 1.165) is 38.5 Å².